The van der Waals surface area contributed by atoms with E-state index in [1.165, 1.54) is 48.8 Å². The van der Waals surface area contributed by atoms with Gasteiger partial charge in [0.15, 0.2) is 17.5 Å². The lowest BCUT2D eigenvalue weighted by atomic mass is 9.43. The van der Waals surface area contributed by atoms with Crippen molar-refractivity contribution in [3.63, 3.8) is 0 Å². The highest BCUT2D eigenvalue weighted by molar-refractivity contribution is 6.09. The molecule has 4 bridgehead atoms. The Bertz CT molecular complexity index is 2720. The van der Waals surface area contributed by atoms with E-state index in [-0.39, 0.29) is 5.41 Å². The topological polar surface area (TPSA) is 51.8 Å². The molecule has 5 aliphatic carbocycles. The molecule has 0 atom stereocenters. The van der Waals surface area contributed by atoms with E-state index in [4.69, 9.17) is 19.4 Å². The Morgan fingerprint density at radius 1 is 0.434 bits per heavy atom. The lowest BCUT2D eigenvalue weighted by Crippen LogP contribution is -2.55. The summed E-state index contributed by atoms with van der Waals surface area (Å²) in [4.78, 5) is 15.7. The standard InChI is InChI=1S/C49H37N3O/c1-2-10-32(11-3-1)46-50-47(33-22-20-31(21-23-33)36-14-8-15-38-37-12-5-7-19-43(37)53-45(36)38)52-48(51-46)40-16-9-18-42-44(40)39-13-4-6-17-41(39)49(42)34-25-29-24-30(27-34)28-35(49)26-29/h1-23,29-30,34-35H,24-28H2. The van der Waals surface area contributed by atoms with Crippen LogP contribution in [-0.4, -0.2) is 15.0 Å². The maximum Gasteiger partial charge on any atom is 0.164 e. The third-order valence-electron chi connectivity index (χ3n) is 13.3. The highest BCUT2D eigenvalue weighted by Gasteiger charge is 2.61. The molecule has 1 spiro atoms. The maximum atomic E-state index is 6.38. The number of hydrogen-bond donors (Lipinski definition) is 0. The molecule has 0 saturated heterocycles. The Hall–Kier alpha value is -5.87. The van der Waals surface area contributed by atoms with Crippen LogP contribution in [0.4, 0.5) is 0 Å². The zero-order valence-electron chi connectivity index (χ0n) is 29.4. The second-order valence-corrected chi connectivity index (χ2v) is 16.0. The van der Waals surface area contributed by atoms with Gasteiger partial charge in [0.25, 0.3) is 0 Å². The van der Waals surface area contributed by atoms with Crippen LogP contribution in [0.1, 0.15) is 43.2 Å². The molecule has 0 unspecified atom stereocenters. The molecule has 8 aromatic rings. The molecule has 254 valence electrons. The van der Waals surface area contributed by atoms with Crippen molar-refractivity contribution in [2.75, 3.05) is 0 Å². The molecular formula is C49H37N3O. The van der Waals surface area contributed by atoms with Gasteiger partial charge in [-0.1, -0.05) is 133 Å². The van der Waals surface area contributed by atoms with Crippen molar-refractivity contribution in [1.29, 1.82) is 0 Å². The van der Waals surface area contributed by atoms with Gasteiger partial charge in [0.05, 0.1) is 0 Å². The van der Waals surface area contributed by atoms with E-state index in [1.54, 1.807) is 5.56 Å². The first-order valence-corrected chi connectivity index (χ1v) is 19.3. The fourth-order valence-corrected chi connectivity index (χ4v) is 11.5. The van der Waals surface area contributed by atoms with E-state index in [0.717, 1.165) is 67.4 Å². The number of benzene rings is 6. The van der Waals surface area contributed by atoms with Gasteiger partial charge < -0.3 is 4.42 Å². The first-order valence-electron chi connectivity index (χ1n) is 19.3. The van der Waals surface area contributed by atoms with Crippen LogP contribution in [0, 0.1) is 23.7 Å². The predicted molar refractivity (Wildman–Crippen MR) is 212 cm³/mol. The summed E-state index contributed by atoms with van der Waals surface area (Å²) in [6, 6.07) is 49.8. The van der Waals surface area contributed by atoms with Gasteiger partial charge in [-0.25, -0.2) is 15.0 Å². The number of rotatable bonds is 4. The minimum Gasteiger partial charge on any atom is -0.455 e. The fraction of sp³-hybridized carbons (Fsp3) is 0.204. The summed E-state index contributed by atoms with van der Waals surface area (Å²) in [5.41, 5.74) is 12.9. The van der Waals surface area contributed by atoms with E-state index in [9.17, 15) is 0 Å². The molecule has 4 fully saturated rings. The van der Waals surface area contributed by atoms with Gasteiger partial charge in [-0.15, -0.1) is 0 Å². The average Bonchev–Trinajstić information content (AvgIpc) is 3.74. The second-order valence-electron chi connectivity index (χ2n) is 16.0. The van der Waals surface area contributed by atoms with Crippen LogP contribution in [-0.2, 0) is 5.41 Å². The second kappa shape index (κ2) is 11.1. The van der Waals surface area contributed by atoms with Gasteiger partial charge in [-0.2, -0.15) is 0 Å². The third kappa shape index (κ3) is 4.21. The summed E-state index contributed by atoms with van der Waals surface area (Å²) in [6.07, 6.45) is 6.89. The van der Waals surface area contributed by atoms with Crippen molar-refractivity contribution in [3.8, 4) is 56.4 Å². The molecule has 53 heavy (non-hydrogen) atoms. The first-order chi connectivity index (χ1) is 26.2. The van der Waals surface area contributed by atoms with Crippen LogP contribution in [0.15, 0.2) is 144 Å². The van der Waals surface area contributed by atoms with Gasteiger partial charge in [-0.05, 0) is 89.7 Å². The van der Waals surface area contributed by atoms with Crippen molar-refractivity contribution >= 4 is 21.9 Å². The molecule has 6 aromatic carbocycles. The zero-order valence-corrected chi connectivity index (χ0v) is 29.4. The van der Waals surface area contributed by atoms with Gasteiger partial charge in [0.1, 0.15) is 11.2 Å². The maximum absolute atomic E-state index is 6.38. The summed E-state index contributed by atoms with van der Waals surface area (Å²) < 4.78 is 6.38. The van der Waals surface area contributed by atoms with E-state index in [0.29, 0.717) is 23.5 Å². The highest BCUT2D eigenvalue weighted by atomic mass is 16.3. The van der Waals surface area contributed by atoms with Crippen LogP contribution >= 0.6 is 0 Å². The molecule has 5 aliphatic rings. The number of fused-ring (bicyclic) bond motifs is 6. The van der Waals surface area contributed by atoms with Crippen LogP contribution in [0.5, 0.6) is 0 Å². The summed E-state index contributed by atoms with van der Waals surface area (Å²) in [7, 11) is 0. The van der Waals surface area contributed by atoms with Crippen LogP contribution in [0.2, 0.25) is 0 Å². The van der Waals surface area contributed by atoms with E-state index in [1.807, 2.05) is 18.2 Å². The van der Waals surface area contributed by atoms with Crippen molar-refractivity contribution in [2.45, 2.75) is 37.5 Å². The van der Waals surface area contributed by atoms with E-state index in [2.05, 4.69) is 121 Å². The number of aromatic nitrogens is 3. The third-order valence-corrected chi connectivity index (χ3v) is 13.3. The molecule has 4 heteroatoms. The van der Waals surface area contributed by atoms with Crippen LogP contribution in [0.3, 0.4) is 0 Å². The normalized spacial score (nSPS) is 23.5. The minimum absolute atomic E-state index is 0.0893. The molecule has 0 radical (unpaired) electrons. The first kappa shape index (κ1) is 29.7. The summed E-state index contributed by atoms with van der Waals surface area (Å²) in [5, 5.41) is 2.26. The highest BCUT2D eigenvalue weighted by Crippen LogP contribution is 2.70. The van der Waals surface area contributed by atoms with E-state index < -0.39 is 0 Å². The molecular weight excluding hydrogens is 647 g/mol. The lowest BCUT2D eigenvalue weighted by molar-refractivity contribution is -0.0399. The Morgan fingerprint density at radius 3 is 1.79 bits per heavy atom. The number of furan rings is 1. The van der Waals surface area contributed by atoms with E-state index >= 15 is 0 Å². The zero-order chi connectivity index (χ0) is 34.7. The van der Waals surface area contributed by atoms with Gasteiger partial charge >= 0.3 is 0 Å². The van der Waals surface area contributed by atoms with Gasteiger partial charge in [0, 0.05) is 38.4 Å². The van der Waals surface area contributed by atoms with Crippen molar-refractivity contribution in [1.82, 2.24) is 15.0 Å². The summed E-state index contributed by atoms with van der Waals surface area (Å²) >= 11 is 0. The molecule has 0 amide bonds. The monoisotopic (exact) mass is 683 g/mol. The molecule has 13 rings (SSSR count). The lowest BCUT2D eigenvalue weighted by Gasteiger charge is -2.61. The molecule has 0 aliphatic heterocycles. The molecule has 4 saturated carbocycles. The van der Waals surface area contributed by atoms with Crippen LogP contribution in [0.25, 0.3) is 78.4 Å². The number of nitrogens with zero attached hydrogens (tertiary/aromatic N) is 3. The van der Waals surface area contributed by atoms with Crippen molar-refractivity contribution in [3.05, 3.63) is 151 Å². The fourth-order valence-electron chi connectivity index (χ4n) is 11.5. The Labute approximate surface area is 308 Å². The number of para-hydroxylation sites is 2. The van der Waals surface area contributed by atoms with Crippen molar-refractivity contribution in [2.24, 2.45) is 23.7 Å². The molecule has 2 heterocycles. The summed E-state index contributed by atoms with van der Waals surface area (Å²) in [5.74, 6) is 5.31. The minimum atomic E-state index is 0.0893. The molecule has 4 nitrogen and oxygen atoms in total. The Kier molecular flexibility index (Phi) is 6.20. The summed E-state index contributed by atoms with van der Waals surface area (Å²) in [6.45, 7) is 0. The predicted octanol–water partition coefficient (Wildman–Crippen LogP) is 12.2. The Balaban J connectivity index is 1.02. The Morgan fingerprint density at radius 2 is 1.00 bits per heavy atom. The average molecular weight is 684 g/mol. The smallest absolute Gasteiger partial charge is 0.164 e. The SMILES string of the molecule is c1ccc(-c2nc(-c3ccc(-c4cccc5c4oc4ccccc45)cc3)nc(-c3cccc4c3-c3ccccc3C43C4CC5CC(C4)CC3C5)n2)cc1. The van der Waals surface area contributed by atoms with Crippen LogP contribution < -0.4 is 0 Å². The quantitative estimate of drug-likeness (QED) is 0.185. The molecule has 0 N–H and O–H groups in total. The number of hydrogen-bond acceptors (Lipinski definition) is 4. The van der Waals surface area contributed by atoms with Gasteiger partial charge in [-0.3, -0.25) is 0 Å². The van der Waals surface area contributed by atoms with Crippen molar-refractivity contribution < 1.29 is 4.42 Å². The van der Waals surface area contributed by atoms with Gasteiger partial charge in [0.2, 0.25) is 0 Å². The molecule has 2 aromatic heterocycles. The largest absolute Gasteiger partial charge is 0.455 e.